The molecule has 25 heavy (non-hydrogen) atoms. The van der Waals surface area contributed by atoms with Gasteiger partial charge in [-0.2, -0.15) is 5.10 Å². The largest absolute Gasteiger partial charge is 0.373 e. The monoisotopic (exact) mass is 336 g/mol. The van der Waals surface area contributed by atoms with Crippen molar-refractivity contribution in [1.29, 1.82) is 0 Å². The lowest BCUT2D eigenvalue weighted by atomic mass is 10.1. The molecule has 1 N–H and O–H groups in total. The first-order valence-electron chi connectivity index (χ1n) is 8.67. The average molecular weight is 336 g/mol. The minimum absolute atomic E-state index is 0.217. The van der Waals surface area contributed by atoms with Crippen molar-refractivity contribution in [1.82, 2.24) is 25.1 Å². The normalized spacial score (nSPS) is 23.9. The molecule has 7 nitrogen and oxygen atoms in total. The number of morpholine rings is 1. The van der Waals surface area contributed by atoms with Gasteiger partial charge in [0.05, 0.1) is 30.3 Å². The Kier molecular flexibility index (Phi) is 3.61. The van der Waals surface area contributed by atoms with Crippen LogP contribution < -0.4 is 4.90 Å². The Morgan fingerprint density at radius 2 is 2.08 bits per heavy atom. The van der Waals surface area contributed by atoms with Crippen LogP contribution in [0, 0.1) is 0 Å². The summed E-state index contributed by atoms with van der Waals surface area (Å²) in [6.45, 7) is 4.48. The molecule has 2 aliphatic heterocycles. The maximum atomic E-state index is 6.06. The lowest BCUT2D eigenvalue weighted by molar-refractivity contribution is -0.0499. The van der Waals surface area contributed by atoms with Gasteiger partial charge in [0.25, 0.3) is 0 Å². The molecule has 0 saturated carbocycles. The molecule has 128 valence electrons. The lowest BCUT2D eigenvalue weighted by Gasteiger charge is -2.36. The molecule has 2 atom stereocenters. The van der Waals surface area contributed by atoms with E-state index < -0.39 is 0 Å². The maximum absolute atomic E-state index is 6.06. The first-order chi connectivity index (χ1) is 12.4. The maximum Gasteiger partial charge on any atom is 0.160 e. The van der Waals surface area contributed by atoms with E-state index in [0.717, 1.165) is 49.6 Å². The fourth-order valence-electron chi connectivity index (χ4n) is 3.95. The second kappa shape index (κ2) is 6.09. The highest BCUT2D eigenvalue weighted by atomic mass is 16.5. The molecule has 0 bridgehead atoms. The highest BCUT2D eigenvalue weighted by Crippen LogP contribution is 2.30. The van der Waals surface area contributed by atoms with Gasteiger partial charge >= 0.3 is 0 Å². The molecule has 0 radical (unpaired) electrons. The standard InChI is InChI=1S/C18H20N6O/c1-2-4-13(5-3-1)9-23-6-7-25-16-11-24(10-15(16)23)18-14-8-21-22-17(14)19-12-20-18/h1-5,8,12,15-16H,6-7,9-11H2,(H,19,20,21,22)/t15-,16+/m1/s1. The Balaban J connectivity index is 1.39. The number of aromatic amines is 1. The summed E-state index contributed by atoms with van der Waals surface area (Å²) in [6.07, 6.45) is 3.62. The Morgan fingerprint density at radius 3 is 3.00 bits per heavy atom. The van der Waals surface area contributed by atoms with Gasteiger partial charge in [-0.05, 0) is 5.56 Å². The third-order valence-electron chi connectivity index (χ3n) is 5.17. The molecule has 0 aliphatic carbocycles. The number of anilines is 1. The summed E-state index contributed by atoms with van der Waals surface area (Å²) >= 11 is 0. The molecule has 2 saturated heterocycles. The highest BCUT2D eigenvalue weighted by Gasteiger charge is 2.41. The number of benzene rings is 1. The number of hydrogen-bond donors (Lipinski definition) is 1. The summed E-state index contributed by atoms with van der Waals surface area (Å²) in [5.41, 5.74) is 2.13. The number of aromatic nitrogens is 4. The van der Waals surface area contributed by atoms with Crippen LogP contribution in [-0.2, 0) is 11.3 Å². The molecular formula is C18H20N6O. The van der Waals surface area contributed by atoms with Crippen LogP contribution >= 0.6 is 0 Å². The van der Waals surface area contributed by atoms with Gasteiger partial charge in [0.1, 0.15) is 12.1 Å². The van der Waals surface area contributed by atoms with Crippen LogP contribution in [0.1, 0.15) is 5.56 Å². The molecule has 2 aliphatic rings. The second-order valence-electron chi connectivity index (χ2n) is 6.67. The van der Waals surface area contributed by atoms with Crippen LogP contribution in [0.15, 0.2) is 42.9 Å². The minimum atomic E-state index is 0.217. The molecular weight excluding hydrogens is 316 g/mol. The summed E-state index contributed by atoms with van der Waals surface area (Å²) < 4.78 is 6.06. The third kappa shape index (κ3) is 2.65. The number of H-pyrrole nitrogens is 1. The van der Waals surface area contributed by atoms with E-state index in [9.17, 15) is 0 Å². The van der Waals surface area contributed by atoms with E-state index >= 15 is 0 Å². The van der Waals surface area contributed by atoms with E-state index in [4.69, 9.17) is 4.74 Å². The summed E-state index contributed by atoms with van der Waals surface area (Å²) in [4.78, 5) is 13.6. The molecule has 7 heteroatoms. The van der Waals surface area contributed by atoms with E-state index in [1.165, 1.54) is 5.56 Å². The molecule has 0 spiro atoms. The molecule has 5 rings (SSSR count). The summed E-state index contributed by atoms with van der Waals surface area (Å²) in [5, 5.41) is 7.99. The van der Waals surface area contributed by atoms with E-state index in [1.54, 1.807) is 12.5 Å². The van der Waals surface area contributed by atoms with Gasteiger partial charge in [-0.25, -0.2) is 9.97 Å². The van der Waals surface area contributed by atoms with Gasteiger partial charge < -0.3 is 9.64 Å². The summed E-state index contributed by atoms with van der Waals surface area (Å²) in [5.74, 6) is 0.941. The zero-order chi connectivity index (χ0) is 16.6. The van der Waals surface area contributed by atoms with Crippen molar-refractivity contribution in [2.24, 2.45) is 0 Å². The minimum Gasteiger partial charge on any atom is -0.373 e. The quantitative estimate of drug-likeness (QED) is 0.780. The Labute approximate surface area is 145 Å². The van der Waals surface area contributed by atoms with Crippen molar-refractivity contribution in [3.63, 3.8) is 0 Å². The number of hydrogen-bond acceptors (Lipinski definition) is 6. The van der Waals surface area contributed by atoms with Crippen LogP contribution in [0.3, 0.4) is 0 Å². The Bertz CT molecular complexity index is 866. The van der Waals surface area contributed by atoms with Gasteiger partial charge in [0.2, 0.25) is 0 Å². The average Bonchev–Trinajstić information content (AvgIpc) is 3.29. The summed E-state index contributed by atoms with van der Waals surface area (Å²) in [7, 11) is 0. The lowest BCUT2D eigenvalue weighted by Crippen LogP contribution is -2.50. The molecule has 1 aromatic carbocycles. The van der Waals surface area contributed by atoms with Crippen LogP contribution in [0.2, 0.25) is 0 Å². The second-order valence-corrected chi connectivity index (χ2v) is 6.67. The first-order valence-corrected chi connectivity index (χ1v) is 8.67. The predicted molar refractivity (Wildman–Crippen MR) is 94.3 cm³/mol. The predicted octanol–water partition coefficient (Wildman–Crippen LogP) is 1.44. The fraction of sp³-hybridized carbons (Fsp3) is 0.389. The molecule has 4 heterocycles. The number of nitrogens with one attached hydrogen (secondary N) is 1. The van der Waals surface area contributed by atoms with Crippen molar-refractivity contribution in [2.75, 3.05) is 31.1 Å². The van der Waals surface area contributed by atoms with Crippen molar-refractivity contribution >= 4 is 16.9 Å². The van der Waals surface area contributed by atoms with Gasteiger partial charge in [-0.1, -0.05) is 30.3 Å². The third-order valence-corrected chi connectivity index (χ3v) is 5.17. The van der Waals surface area contributed by atoms with Crippen molar-refractivity contribution in [3.8, 4) is 0 Å². The number of rotatable bonds is 3. The van der Waals surface area contributed by atoms with Gasteiger partial charge in [0, 0.05) is 26.2 Å². The number of fused-ring (bicyclic) bond motifs is 2. The summed E-state index contributed by atoms with van der Waals surface area (Å²) in [6, 6.07) is 11.0. The van der Waals surface area contributed by atoms with Crippen molar-refractivity contribution in [2.45, 2.75) is 18.7 Å². The Hall–Kier alpha value is -2.51. The molecule has 0 unspecified atom stereocenters. The Morgan fingerprint density at radius 1 is 1.16 bits per heavy atom. The number of ether oxygens (including phenoxy) is 1. The van der Waals surface area contributed by atoms with Crippen LogP contribution in [-0.4, -0.2) is 63.5 Å². The van der Waals surface area contributed by atoms with E-state index in [1.807, 2.05) is 0 Å². The van der Waals surface area contributed by atoms with Gasteiger partial charge in [-0.15, -0.1) is 0 Å². The molecule has 0 amide bonds. The van der Waals surface area contributed by atoms with E-state index in [-0.39, 0.29) is 6.10 Å². The SMILES string of the molecule is c1ccc(CN2CCO[C@H]3CN(c4ncnc5[nH]ncc45)C[C@H]32)cc1. The zero-order valence-electron chi connectivity index (χ0n) is 13.9. The topological polar surface area (TPSA) is 70.2 Å². The van der Waals surface area contributed by atoms with Gasteiger partial charge in [0.15, 0.2) is 5.65 Å². The van der Waals surface area contributed by atoms with Crippen molar-refractivity contribution < 1.29 is 4.74 Å². The molecule has 3 aromatic rings. The van der Waals surface area contributed by atoms with E-state index in [0.29, 0.717) is 6.04 Å². The molecule has 2 fully saturated rings. The smallest absolute Gasteiger partial charge is 0.160 e. The molecule has 2 aromatic heterocycles. The first kappa shape index (κ1) is 14.8. The highest BCUT2D eigenvalue weighted by molar-refractivity contribution is 5.86. The zero-order valence-corrected chi connectivity index (χ0v) is 13.9. The number of nitrogens with zero attached hydrogens (tertiary/aromatic N) is 5. The van der Waals surface area contributed by atoms with E-state index in [2.05, 4.69) is 60.3 Å². The van der Waals surface area contributed by atoms with Gasteiger partial charge in [-0.3, -0.25) is 10.00 Å². The fourth-order valence-corrected chi connectivity index (χ4v) is 3.95. The van der Waals surface area contributed by atoms with Crippen molar-refractivity contribution in [3.05, 3.63) is 48.4 Å². The van der Waals surface area contributed by atoms with Crippen LogP contribution in [0.25, 0.3) is 11.0 Å². The van der Waals surface area contributed by atoms with Crippen LogP contribution in [0.4, 0.5) is 5.82 Å². The van der Waals surface area contributed by atoms with Crippen LogP contribution in [0.5, 0.6) is 0 Å².